The van der Waals surface area contributed by atoms with Crippen molar-refractivity contribution in [1.29, 1.82) is 0 Å². The van der Waals surface area contributed by atoms with Gasteiger partial charge in [0.2, 0.25) is 5.95 Å². The molecule has 1 aliphatic heterocycles. The van der Waals surface area contributed by atoms with Gasteiger partial charge in [0.05, 0.1) is 13.7 Å². The highest BCUT2D eigenvalue weighted by Gasteiger charge is 2.43. The lowest BCUT2D eigenvalue weighted by atomic mass is 10.1. The molecule has 1 aromatic carbocycles. The first-order valence-electron chi connectivity index (χ1n) is 13.2. The van der Waals surface area contributed by atoms with Crippen molar-refractivity contribution in [2.45, 2.75) is 84.5 Å². The molecule has 8 nitrogen and oxygen atoms in total. The van der Waals surface area contributed by atoms with Crippen LogP contribution in [0, 0.1) is 11.6 Å². The van der Waals surface area contributed by atoms with E-state index in [0.29, 0.717) is 29.4 Å². The summed E-state index contributed by atoms with van der Waals surface area (Å²) >= 11 is 0. The second-order valence-corrected chi connectivity index (χ2v) is 10.3. The molecule has 0 unspecified atom stereocenters. The van der Waals surface area contributed by atoms with E-state index in [4.69, 9.17) is 4.74 Å². The number of nitrogens with zero attached hydrogens (tertiary/aromatic N) is 5. The van der Waals surface area contributed by atoms with Gasteiger partial charge >= 0.3 is 6.03 Å². The second-order valence-electron chi connectivity index (χ2n) is 10.3. The Labute approximate surface area is 218 Å². The van der Waals surface area contributed by atoms with Crippen LogP contribution < -0.4 is 19.9 Å². The zero-order chi connectivity index (χ0) is 26.7. The molecule has 0 atom stereocenters. The molecule has 1 fully saturated rings. The smallest absolute Gasteiger partial charge is 0.330 e. The van der Waals surface area contributed by atoms with Crippen LogP contribution in [0.1, 0.15) is 65.4 Å². The molecule has 0 saturated heterocycles. The number of hydrogen-bond acceptors (Lipinski definition) is 6. The number of benzene rings is 1. The maximum absolute atomic E-state index is 15.0. The van der Waals surface area contributed by atoms with E-state index in [1.165, 1.54) is 13.2 Å². The van der Waals surface area contributed by atoms with Crippen molar-refractivity contribution in [3.05, 3.63) is 35.5 Å². The summed E-state index contributed by atoms with van der Waals surface area (Å²) in [7, 11) is 1.30. The normalized spacial score (nSPS) is 15.7. The van der Waals surface area contributed by atoms with Crippen LogP contribution in [-0.2, 0) is 6.54 Å². The van der Waals surface area contributed by atoms with Crippen LogP contribution in [0.15, 0.2) is 18.3 Å². The van der Waals surface area contributed by atoms with Crippen LogP contribution in [-0.4, -0.2) is 59.2 Å². The van der Waals surface area contributed by atoms with E-state index < -0.39 is 23.4 Å². The van der Waals surface area contributed by atoms with Gasteiger partial charge in [0, 0.05) is 36.4 Å². The Morgan fingerprint density at radius 3 is 2.51 bits per heavy atom. The van der Waals surface area contributed by atoms with Crippen LogP contribution in [0.25, 0.3) is 0 Å². The van der Waals surface area contributed by atoms with E-state index in [0.717, 1.165) is 56.2 Å². The second kappa shape index (κ2) is 11.6. The molecule has 37 heavy (non-hydrogen) atoms. The van der Waals surface area contributed by atoms with Gasteiger partial charge in [-0.2, -0.15) is 4.98 Å². The molecule has 1 N–H and O–H groups in total. The first-order chi connectivity index (χ1) is 17.7. The van der Waals surface area contributed by atoms with Crippen LogP contribution in [0.3, 0.4) is 0 Å². The zero-order valence-electron chi connectivity index (χ0n) is 22.4. The van der Waals surface area contributed by atoms with Gasteiger partial charge in [0.15, 0.2) is 11.6 Å². The summed E-state index contributed by atoms with van der Waals surface area (Å²) in [5, 5.41) is 3.28. The largest absolute Gasteiger partial charge is 0.494 e. The minimum atomic E-state index is -0.904. The van der Waals surface area contributed by atoms with Gasteiger partial charge < -0.3 is 10.1 Å². The van der Waals surface area contributed by atoms with E-state index in [9.17, 15) is 9.18 Å². The average molecular weight is 517 g/mol. The number of halogens is 2. The molecular formula is C27H38F2N6O2. The standard InChI is InChI=1S/C27H38F2N6O2/c1-17(2)33(18(3)4)14-8-6-7-13-30-26-31-15-19-16-34(24-21(28)11-12-22(37-5)23(24)29)27(36)35(20-9-10-20)25(19)32-26/h11-12,15,17-18,20H,6-10,13-14,16H2,1-5H3,(H,30,31,32). The number of nitrogens with one attached hydrogen (secondary N) is 1. The maximum Gasteiger partial charge on any atom is 0.330 e. The Hall–Kier alpha value is -3.01. The van der Waals surface area contributed by atoms with E-state index in [1.807, 2.05) is 0 Å². The fourth-order valence-corrected chi connectivity index (χ4v) is 4.93. The Balaban J connectivity index is 1.43. The predicted molar refractivity (Wildman–Crippen MR) is 141 cm³/mol. The van der Waals surface area contributed by atoms with Gasteiger partial charge in [-0.15, -0.1) is 0 Å². The van der Waals surface area contributed by atoms with E-state index in [-0.39, 0.29) is 18.3 Å². The average Bonchev–Trinajstić information content (AvgIpc) is 3.68. The quantitative estimate of drug-likeness (QED) is 0.372. The number of methoxy groups -OCH3 is 1. The van der Waals surface area contributed by atoms with E-state index in [2.05, 4.69) is 47.9 Å². The Bertz CT molecular complexity index is 1100. The minimum Gasteiger partial charge on any atom is -0.494 e. The molecule has 2 amide bonds. The molecule has 0 bridgehead atoms. The maximum atomic E-state index is 15.0. The highest BCUT2D eigenvalue weighted by atomic mass is 19.1. The number of urea groups is 1. The SMILES string of the molecule is COc1ccc(F)c(N2Cc3cnc(NCCCCCN(C(C)C)C(C)C)nc3N(C3CC3)C2=O)c1F. The van der Waals surface area contributed by atoms with Crippen molar-refractivity contribution in [3.8, 4) is 5.75 Å². The molecule has 0 spiro atoms. The van der Waals surface area contributed by atoms with Crippen molar-refractivity contribution >= 4 is 23.5 Å². The van der Waals surface area contributed by atoms with E-state index >= 15 is 4.39 Å². The van der Waals surface area contributed by atoms with Crippen LogP contribution >= 0.6 is 0 Å². The van der Waals surface area contributed by atoms with Gasteiger partial charge in [0.1, 0.15) is 17.3 Å². The number of rotatable bonds is 12. The Morgan fingerprint density at radius 1 is 1.14 bits per heavy atom. The third kappa shape index (κ3) is 5.95. The van der Waals surface area contributed by atoms with Crippen molar-refractivity contribution in [3.63, 3.8) is 0 Å². The zero-order valence-corrected chi connectivity index (χ0v) is 22.4. The van der Waals surface area contributed by atoms with Crippen LogP contribution in [0.5, 0.6) is 5.75 Å². The summed E-state index contributed by atoms with van der Waals surface area (Å²) in [6.45, 7) is 10.7. The third-order valence-corrected chi connectivity index (χ3v) is 6.97. The fourth-order valence-electron chi connectivity index (χ4n) is 4.93. The highest BCUT2D eigenvalue weighted by Crippen LogP contribution is 2.40. The summed E-state index contributed by atoms with van der Waals surface area (Å²) in [6.07, 6.45) is 6.47. The van der Waals surface area contributed by atoms with Crippen molar-refractivity contribution < 1.29 is 18.3 Å². The lowest BCUT2D eigenvalue weighted by Crippen LogP contribution is -2.49. The number of anilines is 3. The summed E-state index contributed by atoms with van der Waals surface area (Å²) in [4.78, 5) is 27.7. The van der Waals surface area contributed by atoms with E-state index in [1.54, 1.807) is 11.1 Å². The van der Waals surface area contributed by atoms with Crippen LogP contribution in [0.2, 0.25) is 0 Å². The number of amides is 2. The van der Waals surface area contributed by atoms with Gasteiger partial charge in [0.25, 0.3) is 0 Å². The van der Waals surface area contributed by atoms with Gasteiger partial charge in [-0.3, -0.25) is 14.7 Å². The first kappa shape index (κ1) is 27.0. The first-order valence-corrected chi connectivity index (χ1v) is 13.2. The third-order valence-electron chi connectivity index (χ3n) is 6.97. The lowest BCUT2D eigenvalue weighted by molar-refractivity contribution is 0.171. The summed E-state index contributed by atoms with van der Waals surface area (Å²) < 4.78 is 34.7. The number of aromatic nitrogens is 2. The van der Waals surface area contributed by atoms with Crippen molar-refractivity contribution in [2.24, 2.45) is 0 Å². The monoisotopic (exact) mass is 516 g/mol. The number of fused-ring (bicyclic) bond motifs is 1. The highest BCUT2D eigenvalue weighted by molar-refractivity contribution is 6.06. The number of ether oxygens (including phenoxy) is 1. The van der Waals surface area contributed by atoms with Gasteiger partial charge in [-0.25, -0.2) is 18.6 Å². The molecular weight excluding hydrogens is 478 g/mol. The van der Waals surface area contributed by atoms with Crippen molar-refractivity contribution in [2.75, 3.05) is 35.3 Å². The minimum absolute atomic E-state index is 0.0269. The summed E-state index contributed by atoms with van der Waals surface area (Å²) in [5.74, 6) is -0.885. The number of unbranched alkanes of at least 4 members (excludes halogenated alkanes) is 2. The molecule has 4 rings (SSSR count). The summed E-state index contributed by atoms with van der Waals surface area (Å²) in [6, 6.07) is 2.85. The van der Waals surface area contributed by atoms with Crippen LogP contribution in [0.4, 0.5) is 31.0 Å². The molecule has 2 heterocycles. The number of carbonyl (C=O) groups excluding carboxylic acids is 1. The Morgan fingerprint density at radius 2 is 1.86 bits per heavy atom. The molecule has 1 aromatic heterocycles. The van der Waals surface area contributed by atoms with Gasteiger partial charge in [-0.05, 0) is 72.1 Å². The number of carbonyl (C=O) groups is 1. The topological polar surface area (TPSA) is 73.8 Å². The summed E-state index contributed by atoms with van der Waals surface area (Å²) in [5.41, 5.74) is 0.220. The molecule has 10 heteroatoms. The molecule has 0 radical (unpaired) electrons. The Kier molecular flexibility index (Phi) is 8.46. The van der Waals surface area contributed by atoms with Gasteiger partial charge in [-0.1, -0.05) is 6.42 Å². The molecule has 2 aromatic rings. The lowest BCUT2D eigenvalue weighted by Gasteiger charge is -2.36. The molecule has 1 aliphatic carbocycles. The fraction of sp³-hybridized carbons (Fsp3) is 0.593. The molecule has 2 aliphatic rings. The molecule has 202 valence electrons. The predicted octanol–water partition coefficient (Wildman–Crippen LogP) is 5.57. The molecule has 1 saturated carbocycles. The number of hydrogen-bond donors (Lipinski definition) is 1. The van der Waals surface area contributed by atoms with Crippen molar-refractivity contribution in [1.82, 2.24) is 14.9 Å².